The van der Waals surface area contributed by atoms with Gasteiger partial charge in [0.1, 0.15) is 17.5 Å². The summed E-state index contributed by atoms with van der Waals surface area (Å²) in [6.07, 6.45) is 0.300. The van der Waals surface area contributed by atoms with Gasteiger partial charge in [0, 0.05) is 38.7 Å². The Bertz CT molecular complexity index is 614. The molecule has 1 aromatic carbocycles. The molecule has 138 valence electrons. The SMILES string of the molecule is COc1ccc(OC)c(N2CCN(C(=O)CC[C@H](N)C(=O)O)CC2)c1. The maximum absolute atomic E-state index is 12.2. The average molecular weight is 351 g/mol. The van der Waals surface area contributed by atoms with Crippen LogP contribution in [0.3, 0.4) is 0 Å². The fraction of sp³-hybridized carbons (Fsp3) is 0.529. The van der Waals surface area contributed by atoms with Crippen molar-refractivity contribution in [1.82, 2.24) is 4.90 Å². The Morgan fingerprint density at radius 2 is 1.88 bits per heavy atom. The van der Waals surface area contributed by atoms with Crippen molar-refractivity contribution in [2.45, 2.75) is 18.9 Å². The molecule has 0 aliphatic carbocycles. The van der Waals surface area contributed by atoms with Gasteiger partial charge in [-0.2, -0.15) is 0 Å². The topological polar surface area (TPSA) is 105 Å². The summed E-state index contributed by atoms with van der Waals surface area (Å²) in [4.78, 5) is 26.8. The average Bonchev–Trinajstić information content (AvgIpc) is 2.65. The van der Waals surface area contributed by atoms with E-state index in [1.807, 2.05) is 18.2 Å². The minimum atomic E-state index is -1.08. The van der Waals surface area contributed by atoms with E-state index in [1.54, 1.807) is 19.1 Å². The van der Waals surface area contributed by atoms with Crippen LogP contribution in [0.5, 0.6) is 11.5 Å². The zero-order chi connectivity index (χ0) is 18.4. The molecule has 3 N–H and O–H groups in total. The molecule has 0 spiro atoms. The van der Waals surface area contributed by atoms with E-state index < -0.39 is 12.0 Å². The maximum atomic E-state index is 12.2. The number of benzene rings is 1. The number of ether oxygens (including phenoxy) is 2. The Morgan fingerprint density at radius 3 is 2.44 bits per heavy atom. The van der Waals surface area contributed by atoms with Gasteiger partial charge in [0.15, 0.2) is 0 Å². The van der Waals surface area contributed by atoms with Gasteiger partial charge in [0.05, 0.1) is 19.9 Å². The zero-order valence-corrected chi connectivity index (χ0v) is 14.6. The number of anilines is 1. The fourth-order valence-electron chi connectivity index (χ4n) is 2.80. The summed E-state index contributed by atoms with van der Waals surface area (Å²) in [5, 5.41) is 8.78. The predicted molar refractivity (Wildman–Crippen MR) is 93.2 cm³/mol. The third kappa shape index (κ3) is 4.76. The highest BCUT2D eigenvalue weighted by Gasteiger charge is 2.24. The monoisotopic (exact) mass is 351 g/mol. The molecule has 1 heterocycles. The van der Waals surface area contributed by atoms with Crippen molar-refractivity contribution in [3.8, 4) is 11.5 Å². The summed E-state index contributed by atoms with van der Waals surface area (Å²) < 4.78 is 10.7. The molecular weight excluding hydrogens is 326 g/mol. The van der Waals surface area contributed by atoms with E-state index >= 15 is 0 Å². The lowest BCUT2D eigenvalue weighted by atomic mass is 10.1. The summed E-state index contributed by atoms with van der Waals surface area (Å²) in [7, 11) is 3.24. The molecule has 1 aliphatic heterocycles. The van der Waals surface area contributed by atoms with Crippen LogP contribution < -0.4 is 20.1 Å². The number of carboxylic acids is 1. The van der Waals surface area contributed by atoms with Gasteiger partial charge in [0.25, 0.3) is 0 Å². The third-order valence-electron chi connectivity index (χ3n) is 4.35. The molecule has 1 aliphatic rings. The highest BCUT2D eigenvalue weighted by molar-refractivity contribution is 5.78. The second kappa shape index (κ2) is 8.57. The van der Waals surface area contributed by atoms with E-state index in [0.29, 0.717) is 26.2 Å². The van der Waals surface area contributed by atoms with Gasteiger partial charge in [0.2, 0.25) is 5.91 Å². The number of amides is 1. The minimum absolute atomic E-state index is 0.0612. The number of hydrogen-bond acceptors (Lipinski definition) is 6. The molecule has 0 unspecified atom stereocenters. The van der Waals surface area contributed by atoms with Crippen molar-refractivity contribution in [3.63, 3.8) is 0 Å². The first-order valence-corrected chi connectivity index (χ1v) is 8.19. The van der Waals surface area contributed by atoms with E-state index in [-0.39, 0.29) is 18.7 Å². The van der Waals surface area contributed by atoms with E-state index in [1.165, 1.54) is 0 Å². The molecule has 1 fully saturated rings. The van der Waals surface area contributed by atoms with Crippen LogP contribution in [-0.2, 0) is 9.59 Å². The number of aliphatic carboxylic acids is 1. The Labute approximate surface area is 147 Å². The van der Waals surface area contributed by atoms with Gasteiger partial charge >= 0.3 is 5.97 Å². The van der Waals surface area contributed by atoms with Crippen molar-refractivity contribution >= 4 is 17.6 Å². The third-order valence-corrected chi connectivity index (χ3v) is 4.35. The number of carbonyl (C=O) groups excluding carboxylic acids is 1. The van der Waals surface area contributed by atoms with Gasteiger partial charge in [-0.15, -0.1) is 0 Å². The molecule has 1 saturated heterocycles. The first-order chi connectivity index (χ1) is 12.0. The number of methoxy groups -OCH3 is 2. The van der Waals surface area contributed by atoms with E-state index in [2.05, 4.69) is 4.90 Å². The molecule has 1 amide bonds. The second-order valence-electron chi connectivity index (χ2n) is 5.89. The number of rotatable bonds is 7. The fourth-order valence-corrected chi connectivity index (χ4v) is 2.80. The molecule has 2 rings (SSSR count). The van der Waals surface area contributed by atoms with Crippen LogP contribution in [0.2, 0.25) is 0 Å². The zero-order valence-electron chi connectivity index (χ0n) is 14.6. The number of hydrogen-bond donors (Lipinski definition) is 2. The molecular formula is C17H25N3O5. The maximum Gasteiger partial charge on any atom is 0.320 e. The van der Waals surface area contributed by atoms with Crippen LogP contribution in [0.15, 0.2) is 18.2 Å². The highest BCUT2D eigenvalue weighted by atomic mass is 16.5. The van der Waals surface area contributed by atoms with Crippen LogP contribution in [-0.4, -0.2) is 68.3 Å². The van der Waals surface area contributed by atoms with Crippen LogP contribution in [0.25, 0.3) is 0 Å². The van der Waals surface area contributed by atoms with Gasteiger partial charge in [-0.3, -0.25) is 9.59 Å². The lowest BCUT2D eigenvalue weighted by Crippen LogP contribution is -2.49. The van der Waals surface area contributed by atoms with Crippen molar-refractivity contribution < 1.29 is 24.2 Å². The van der Waals surface area contributed by atoms with Gasteiger partial charge < -0.3 is 30.1 Å². The smallest absolute Gasteiger partial charge is 0.320 e. The van der Waals surface area contributed by atoms with Crippen LogP contribution in [0.1, 0.15) is 12.8 Å². The number of piperazine rings is 1. The van der Waals surface area contributed by atoms with Gasteiger partial charge in [-0.05, 0) is 18.6 Å². The standard InChI is InChI=1S/C17H25N3O5/c1-24-12-3-5-15(25-2)14(11-12)19-7-9-20(10-8-19)16(21)6-4-13(18)17(22)23/h3,5,11,13H,4,6-10,18H2,1-2H3,(H,22,23)/t13-/m0/s1. The predicted octanol–water partition coefficient (Wildman–Crippen LogP) is 0.545. The van der Waals surface area contributed by atoms with Gasteiger partial charge in [-0.25, -0.2) is 0 Å². The Kier molecular flexibility index (Phi) is 6.46. The van der Waals surface area contributed by atoms with Crippen molar-refractivity contribution in [1.29, 1.82) is 0 Å². The largest absolute Gasteiger partial charge is 0.497 e. The molecule has 25 heavy (non-hydrogen) atoms. The lowest BCUT2D eigenvalue weighted by Gasteiger charge is -2.36. The summed E-state index contributed by atoms with van der Waals surface area (Å²) in [5.41, 5.74) is 6.38. The molecule has 8 nitrogen and oxygen atoms in total. The van der Waals surface area contributed by atoms with Gasteiger partial charge in [-0.1, -0.05) is 0 Å². The normalized spacial score (nSPS) is 15.6. The van der Waals surface area contributed by atoms with E-state index in [0.717, 1.165) is 17.2 Å². The van der Waals surface area contributed by atoms with E-state index in [4.69, 9.17) is 20.3 Å². The number of nitrogens with two attached hydrogens (primary N) is 1. The molecule has 0 aromatic heterocycles. The molecule has 1 aromatic rings. The minimum Gasteiger partial charge on any atom is -0.497 e. The molecule has 0 saturated carbocycles. The Hall–Kier alpha value is -2.48. The Balaban J connectivity index is 1.93. The van der Waals surface area contributed by atoms with Crippen LogP contribution in [0, 0.1) is 0 Å². The summed E-state index contributed by atoms with van der Waals surface area (Å²) in [6, 6.07) is 4.63. The molecule has 0 bridgehead atoms. The molecule has 8 heteroatoms. The highest BCUT2D eigenvalue weighted by Crippen LogP contribution is 2.32. The van der Waals surface area contributed by atoms with Crippen molar-refractivity contribution in [2.75, 3.05) is 45.3 Å². The number of nitrogens with zero attached hydrogens (tertiary/aromatic N) is 2. The lowest BCUT2D eigenvalue weighted by molar-refractivity contribution is -0.139. The van der Waals surface area contributed by atoms with Crippen LogP contribution >= 0.6 is 0 Å². The quantitative estimate of drug-likeness (QED) is 0.739. The summed E-state index contributed by atoms with van der Waals surface area (Å²) >= 11 is 0. The Morgan fingerprint density at radius 1 is 1.20 bits per heavy atom. The summed E-state index contributed by atoms with van der Waals surface area (Å²) in [5.74, 6) is 0.363. The number of carbonyl (C=O) groups is 2. The number of carboxylic acid groups (broad SMARTS) is 1. The van der Waals surface area contributed by atoms with E-state index in [9.17, 15) is 9.59 Å². The second-order valence-corrected chi connectivity index (χ2v) is 5.89. The summed E-state index contributed by atoms with van der Waals surface area (Å²) in [6.45, 7) is 2.48. The molecule has 0 radical (unpaired) electrons. The molecule has 1 atom stereocenters. The first kappa shape index (κ1) is 18.9. The van der Waals surface area contributed by atoms with Crippen LogP contribution in [0.4, 0.5) is 5.69 Å². The van der Waals surface area contributed by atoms with Crippen molar-refractivity contribution in [2.24, 2.45) is 5.73 Å². The first-order valence-electron chi connectivity index (χ1n) is 8.19. The van der Waals surface area contributed by atoms with Crippen molar-refractivity contribution in [3.05, 3.63) is 18.2 Å².